The molecule has 0 aliphatic carbocycles. The van der Waals surface area contributed by atoms with Crippen molar-refractivity contribution in [1.29, 1.82) is 0 Å². The van der Waals surface area contributed by atoms with E-state index in [9.17, 15) is 9.90 Å². The molecule has 1 amide bonds. The summed E-state index contributed by atoms with van der Waals surface area (Å²) in [5, 5.41) is 9.27. The third kappa shape index (κ3) is 2.80. The monoisotopic (exact) mass is 207 g/mol. The van der Waals surface area contributed by atoms with Gasteiger partial charge in [-0.1, -0.05) is 29.8 Å². The third-order valence-electron chi connectivity index (χ3n) is 2.60. The molecule has 0 spiro atoms. The molecule has 0 aromatic heterocycles. The number of amides is 1. The Morgan fingerprint density at radius 1 is 1.40 bits per heavy atom. The number of carbonyl (C=O) groups is 1. The molecule has 1 unspecified atom stereocenters. The third-order valence-corrected chi connectivity index (χ3v) is 2.60. The van der Waals surface area contributed by atoms with Crippen LogP contribution in [0.25, 0.3) is 0 Å². The second-order valence-electron chi connectivity index (χ2n) is 3.74. The number of likely N-dealkylation sites (N-methyl/N-ethyl adjacent to an activating group) is 1. The van der Waals surface area contributed by atoms with Crippen molar-refractivity contribution in [1.82, 2.24) is 4.90 Å². The lowest BCUT2D eigenvalue weighted by Crippen LogP contribution is -2.31. The molecule has 0 aliphatic rings. The van der Waals surface area contributed by atoms with E-state index in [2.05, 4.69) is 0 Å². The van der Waals surface area contributed by atoms with E-state index in [1.54, 1.807) is 11.9 Å². The maximum atomic E-state index is 11.2. The van der Waals surface area contributed by atoms with Crippen molar-refractivity contribution in [2.75, 3.05) is 13.7 Å². The molecule has 0 saturated heterocycles. The number of nitrogens with zero attached hydrogens (tertiary/aromatic N) is 1. The van der Waals surface area contributed by atoms with Gasteiger partial charge in [0.25, 0.3) is 0 Å². The summed E-state index contributed by atoms with van der Waals surface area (Å²) < 4.78 is 0. The lowest BCUT2D eigenvalue weighted by atomic mass is 10.0. The van der Waals surface area contributed by atoms with Gasteiger partial charge in [0.2, 0.25) is 5.91 Å². The predicted octanol–water partition coefficient (Wildman–Crippen LogP) is 1.51. The summed E-state index contributed by atoms with van der Waals surface area (Å²) in [7, 11) is 1.70. The minimum Gasteiger partial charge on any atom is -0.394 e. The van der Waals surface area contributed by atoms with Gasteiger partial charge >= 0.3 is 0 Å². The average molecular weight is 207 g/mol. The lowest BCUT2D eigenvalue weighted by Gasteiger charge is -2.25. The van der Waals surface area contributed by atoms with Gasteiger partial charge < -0.3 is 10.0 Å². The summed E-state index contributed by atoms with van der Waals surface area (Å²) in [6.07, 6.45) is 0. The maximum absolute atomic E-state index is 11.2. The first kappa shape index (κ1) is 11.7. The zero-order chi connectivity index (χ0) is 11.4. The Bertz CT molecular complexity index is 332. The highest BCUT2D eigenvalue weighted by Crippen LogP contribution is 2.19. The Morgan fingerprint density at radius 2 is 1.93 bits per heavy atom. The molecule has 0 aliphatic heterocycles. The Kier molecular flexibility index (Phi) is 3.86. The fourth-order valence-corrected chi connectivity index (χ4v) is 1.46. The summed E-state index contributed by atoms with van der Waals surface area (Å²) in [6, 6.07) is 7.59. The van der Waals surface area contributed by atoms with Gasteiger partial charge in [0.15, 0.2) is 0 Å². The van der Waals surface area contributed by atoms with E-state index in [-0.39, 0.29) is 18.6 Å². The molecule has 1 N–H and O–H groups in total. The molecule has 1 rings (SSSR count). The van der Waals surface area contributed by atoms with E-state index in [1.807, 2.05) is 31.2 Å². The van der Waals surface area contributed by atoms with Gasteiger partial charge in [0, 0.05) is 14.0 Å². The number of carbonyl (C=O) groups excluding carboxylic acids is 1. The molecular weight excluding hydrogens is 190 g/mol. The lowest BCUT2D eigenvalue weighted by molar-refractivity contribution is -0.130. The molecule has 0 saturated carbocycles. The molecule has 1 atom stereocenters. The molecule has 0 radical (unpaired) electrons. The van der Waals surface area contributed by atoms with Crippen LogP contribution in [0.2, 0.25) is 0 Å². The van der Waals surface area contributed by atoms with Gasteiger partial charge in [0.05, 0.1) is 12.6 Å². The fraction of sp³-hybridized carbons (Fsp3) is 0.417. The van der Waals surface area contributed by atoms with Crippen molar-refractivity contribution in [3.63, 3.8) is 0 Å². The number of aryl methyl sites for hydroxylation is 1. The van der Waals surface area contributed by atoms with Crippen molar-refractivity contribution < 1.29 is 9.90 Å². The van der Waals surface area contributed by atoms with Crippen molar-refractivity contribution in [2.24, 2.45) is 0 Å². The van der Waals surface area contributed by atoms with Gasteiger partial charge in [-0.2, -0.15) is 0 Å². The normalized spacial score (nSPS) is 12.3. The van der Waals surface area contributed by atoms with Crippen molar-refractivity contribution in [3.05, 3.63) is 35.4 Å². The average Bonchev–Trinajstić information content (AvgIpc) is 2.21. The van der Waals surface area contributed by atoms with Gasteiger partial charge in [-0.15, -0.1) is 0 Å². The minimum atomic E-state index is -0.247. The number of aliphatic hydroxyl groups excluding tert-OH is 1. The maximum Gasteiger partial charge on any atom is 0.219 e. The molecule has 0 fully saturated rings. The second-order valence-corrected chi connectivity index (χ2v) is 3.74. The summed E-state index contributed by atoms with van der Waals surface area (Å²) in [4.78, 5) is 12.7. The van der Waals surface area contributed by atoms with E-state index in [0.29, 0.717) is 0 Å². The standard InChI is InChI=1S/C12H17NO2/c1-9-4-6-11(7-5-9)12(8-14)13(3)10(2)15/h4-7,12,14H,8H2,1-3H3. The van der Waals surface area contributed by atoms with Crippen molar-refractivity contribution in [2.45, 2.75) is 19.9 Å². The van der Waals surface area contributed by atoms with E-state index in [4.69, 9.17) is 0 Å². The van der Waals surface area contributed by atoms with E-state index >= 15 is 0 Å². The Hall–Kier alpha value is -1.35. The minimum absolute atomic E-state index is 0.0466. The molecule has 3 heteroatoms. The highest BCUT2D eigenvalue weighted by atomic mass is 16.3. The first-order valence-electron chi connectivity index (χ1n) is 4.97. The predicted molar refractivity (Wildman–Crippen MR) is 59.4 cm³/mol. The van der Waals surface area contributed by atoms with Crippen molar-refractivity contribution >= 4 is 5.91 Å². The molecule has 82 valence electrons. The Balaban J connectivity index is 2.92. The van der Waals surface area contributed by atoms with Crippen LogP contribution in [-0.2, 0) is 4.79 Å². The summed E-state index contributed by atoms with van der Waals surface area (Å²) in [5.74, 6) is -0.0466. The van der Waals surface area contributed by atoms with Crippen LogP contribution in [0.15, 0.2) is 24.3 Å². The van der Waals surface area contributed by atoms with Crippen LogP contribution in [0.3, 0.4) is 0 Å². The van der Waals surface area contributed by atoms with Crippen LogP contribution >= 0.6 is 0 Å². The highest BCUT2D eigenvalue weighted by molar-refractivity contribution is 5.73. The first-order chi connectivity index (χ1) is 7.06. The number of hydrogen-bond acceptors (Lipinski definition) is 2. The molecule has 1 aromatic carbocycles. The Morgan fingerprint density at radius 3 is 2.33 bits per heavy atom. The SMILES string of the molecule is CC(=O)N(C)C(CO)c1ccc(C)cc1. The van der Waals surface area contributed by atoms with E-state index in [1.165, 1.54) is 12.5 Å². The van der Waals surface area contributed by atoms with Gasteiger partial charge in [-0.05, 0) is 12.5 Å². The van der Waals surface area contributed by atoms with Gasteiger partial charge in [0.1, 0.15) is 0 Å². The number of benzene rings is 1. The van der Waals surface area contributed by atoms with Crippen LogP contribution in [0.1, 0.15) is 24.1 Å². The molecular formula is C12H17NO2. The van der Waals surface area contributed by atoms with Gasteiger partial charge in [-0.3, -0.25) is 4.79 Å². The highest BCUT2D eigenvalue weighted by Gasteiger charge is 2.17. The topological polar surface area (TPSA) is 40.5 Å². The van der Waals surface area contributed by atoms with Crippen LogP contribution < -0.4 is 0 Å². The van der Waals surface area contributed by atoms with Crippen LogP contribution in [-0.4, -0.2) is 29.6 Å². The summed E-state index contributed by atoms with van der Waals surface area (Å²) in [5.41, 5.74) is 2.13. The first-order valence-corrected chi connectivity index (χ1v) is 4.97. The van der Waals surface area contributed by atoms with E-state index < -0.39 is 0 Å². The molecule has 15 heavy (non-hydrogen) atoms. The molecule has 0 heterocycles. The smallest absolute Gasteiger partial charge is 0.219 e. The zero-order valence-corrected chi connectivity index (χ0v) is 9.40. The van der Waals surface area contributed by atoms with Gasteiger partial charge in [-0.25, -0.2) is 0 Å². The number of rotatable bonds is 3. The van der Waals surface area contributed by atoms with Crippen LogP contribution in [0, 0.1) is 6.92 Å². The fourth-order valence-electron chi connectivity index (χ4n) is 1.46. The number of aliphatic hydroxyl groups is 1. The molecule has 3 nitrogen and oxygen atoms in total. The zero-order valence-electron chi connectivity index (χ0n) is 9.40. The quantitative estimate of drug-likeness (QED) is 0.816. The number of hydrogen-bond donors (Lipinski definition) is 1. The molecule has 0 bridgehead atoms. The van der Waals surface area contributed by atoms with Crippen molar-refractivity contribution in [3.8, 4) is 0 Å². The largest absolute Gasteiger partial charge is 0.394 e. The Labute approximate surface area is 90.3 Å². The van der Waals surface area contributed by atoms with E-state index in [0.717, 1.165) is 5.56 Å². The second kappa shape index (κ2) is 4.94. The van der Waals surface area contributed by atoms with Crippen LogP contribution in [0.5, 0.6) is 0 Å². The molecule has 1 aromatic rings. The van der Waals surface area contributed by atoms with Crippen LogP contribution in [0.4, 0.5) is 0 Å². The summed E-state index contributed by atoms with van der Waals surface area (Å²) in [6.45, 7) is 3.45. The summed E-state index contributed by atoms with van der Waals surface area (Å²) >= 11 is 0.